The minimum absolute atomic E-state index is 0.187. The molecule has 0 bridgehead atoms. The monoisotopic (exact) mass is 497 g/mol. The summed E-state index contributed by atoms with van der Waals surface area (Å²) in [5.74, 6) is 1.37. The molecule has 9 heteroatoms. The summed E-state index contributed by atoms with van der Waals surface area (Å²) in [6.07, 6.45) is 9.74. The summed E-state index contributed by atoms with van der Waals surface area (Å²) in [5, 5.41) is 11.5. The van der Waals surface area contributed by atoms with Gasteiger partial charge in [0.25, 0.3) is 0 Å². The smallest absolute Gasteiger partial charge is 0.227 e. The lowest BCUT2D eigenvalue weighted by molar-refractivity contribution is 0.115. The first-order valence-electron chi connectivity index (χ1n) is 12.0. The number of benzene rings is 2. The van der Waals surface area contributed by atoms with Crippen LogP contribution >= 0.6 is 11.3 Å². The zero-order chi connectivity index (χ0) is 24.5. The molecule has 36 heavy (non-hydrogen) atoms. The average Bonchev–Trinajstić information content (AvgIpc) is 3.57. The zero-order valence-corrected chi connectivity index (χ0v) is 21.1. The maximum atomic E-state index is 6.54. The number of nitrogens with one attached hydrogen (secondary N) is 1. The normalized spacial score (nSPS) is 14.8. The minimum Gasteiger partial charge on any atom is -0.490 e. The summed E-state index contributed by atoms with van der Waals surface area (Å²) in [7, 11) is 4.07. The van der Waals surface area contributed by atoms with Gasteiger partial charge < -0.3 is 15.0 Å². The Morgan fingerprint density at radius 3 is 2.69 bits per heavy atom. The van der Waals surface area contributed by atoms with Gasteiger partial charge in [0.1, 0.15) is 16.9 Å². The van der Waals surface area contributed by atoms with Crippen LogP contribution in [-0.2, 0) is 7.05 Å². The van der Waals surface area contributed by atoms with Gasteiger partial charge in [0.15, 0.2) is 0 Å². The molecule has 3 aromatic heterocycles. The van der Waals surface area contributed by atoms with Gasteiger partial charge in [0, 0.05) is 66.8 Å². The molecule has 1 fully saturated rings. The van der Waals surface area contributed by atoms with E-state index < -0.39 is 0 Å². The largest absolute Gasteiger partial charge is 0.490 e. The summed E-state index contributed by atoms with van der Waals surface area (Å²) in [6.45, 7) is 2.08. The van der Waals surface area contributed by atoms with Crippen molar-refractivity contribution in [3.8, 4) is 27.4 Å². The lowest BCUT2D eigenvalue weighted by atomic mass is 10.1. The van der Waals surface area contributed by atoms with E-state index in [1.807, 2.05) is 55.4 Å². The van der Waals surface area contributed by atoms with Crippen LogP contribution in [0.5, 0.6) is 5.75 Å². The summed E-state index contributed by atoms with van der Waals surface area (Å²) >= 11 is 1.61. The van der Waals surface area contributed by atoms with Crippen LogP contribution < -0.4 is 10.1 Å². The Kier molecular flexibility index (Phi) is 6.08. The van der Waals surface area contributed by atoms with E-state index in [-0.39, 0.29) is 6.10 Å². The van der Waals surface area contributed by atoms with Crippen LogP contribution in [0.2, 0.25) is 0 Å². The maximum absolute atomic E-state index is 6.54. The van der Waals surface area contributed by atoms with Crippen LogP contribution in [0.1, 0.15) is 12.8 Å². The Labute approximate surface area is 213 Å². The van der Waals surface area contributed by atoms with E-state index in [1.54, 1.807) is 16.0 Å². The third-order valence-corrected chi connectivity index (χ3v) is 7.27. The van der Waals surface area contributed by atoms with Crippen molar-refractivity contribution in [1.82, 2.24) is 29.6 Å². The number of ether oxygens (including phenoxy) is 1. The van der Waals surface area contributed by atoms with Crippen molar-refractivity contribution in [3.05, 3.63) is 66.6 Å². The van der Waals surface area contributed by atoms with Crippen molar-refractivity contribution in [3.63, 3.8) is 0 Å². The SMILES string of the molecule is CN1CCC(Oc2cc3nc(Nc4cccc(-c5cnn(C)c5)c4)ncc3cc2-c2nccs2)CC1. The zero-order valence-electron chi connectivity index (χ0n) is 20.3. The molecule has 0 amide bonds. The van der Waals surface area contributed by atoms with Gasteiger partial charge >= 0.3 is 0 Å². The second-order valence-corrected chi connectivity index (χ2v) is 10.1. The third-order valence-electron chi connectivity index (χ3n) is 6.46. The number of aryl methyl sites for hydroxylation is 1. The number of piperidine rings is 1. The lowest BCUT2D eigenvalue weighted by Crippen LogP contribution is -2.35. The van der Waals surface area contributed by atoms with Gasteiger partial charge in [-0.25, -0.2) is 15.0 Å². The molecule has 182 valence electrons. The lowest BCUT2D eigenvalue weighted by Gasteiger charge is -2.29. The molecule has 4 heterocycles. The van der Waals surface area contributed by atoms with Crippen molar-refractivity contribution in [2.75, 3.05) is 25.5 Å². The summed E-state index contributed by atoms with van der Waals surface area (Å²) in [6, 6.07) is 12.3. The first-order valence-corrected chi connectivity index (χ1v) is 12.9. The molecule has 0 unspecified atom stereocenters. The first-order chi connectivity index (χ1) is 17.6. The second-order valence-electron chi connectivity index (χ2n) is 9.17. The number of hydrogen-bond donors (Lipinski definition) is 1. The van der Waals surface area contributed by atoms with Gasteiger partial charge in [-0.3, -0.25) is 4.68 Å². The van der Waals surface area contributed by atoms with Crippen LogP contribution in [0.25, 0.3) is 32.6 Å². The molecule has 0 aliphatic carbocycles. The van der Waals surface area contributed by atoms with E-state index in [0.29, 0.717) is 5.95 Å². The quantitative estimate of drug-likeness (QED) is 0.338. The van der Waals surface area contributed by atoms with Crippen molar-refractivity contribution < 1.29 is 4.74 Å². The molecule has 8 nitrogen and oxygen atoms in total. The second kappa shape index (κ2) is 9.67. The summed E-state index contributed by atoms with van der Waals surface area (Å²) in [5.41, 5.74) is 4.88. The van der Waals surface area contributed by atoms with Crippen LogP contribution in [0.4, 0.5) is 11.6 Å². The fourth-order valence-electron chi connectivity index (χ4n) is 4.50. The van der Waals surface area contributed by atoms with E-state index in [0.717, 1.165) is 70.0 Å². The molecule has 0 saturated carbocycles. The molecule has 1 saturated heterocycles. The minimum atomic E-state index is 0.187. The highest BCUT2D eigenvalue weighted by Crippen LogP contribution is 2.36. The average molecular weight is 498 g/mol. The van der Waals surface area contributed by atoms with E-state index in [1.165, 1.54) is 0 Å². The molecule has 2 aromatic carbocycles. The van der Waals surface area contributed by atoms with Gasteiger partial charge in [-0.2, -0.15) is 5.10 Å². The number of nitrogens with zero attached hydrogens (tertiary/aromatic N) is 6. The maximum Gasteiger partial charge on any atom is 0.227 e. The Morgan fingerprint density at radius 1 is 1.03 bits per heavy atom. The van der Waals surface area contributed by atoms with Crippen LogP contribution in [0.3, 0.4) is 0 Å². The molecule has 1 aliphatic heterocycles. The number of aromatic nitrogens is 5. The van der Waals surface area contributed by atoms with Crippen molar-refractivity contribution in [2.45, 2.75) is 18.9 Å². The number of anilines is 2. The molecular weight excluding hydrogens is 470 g/mol. The highest BCUT2D eigenvalue weighted by atomic mass is 32.1. The van der Waals surface area contributed by atoms with Crippen molar-refractivity contribution >= 4 is 33.9 Å². The predicted molar refractivity (Wildman–Crippen MR) is 144 cm³/mol. The molecule has 0 atom stereocenters. The predicted octanol–water partition coefficient (Wildman–Crippen LogP) is 5.37. The first kappa shape index (κ1) is 22.6. The van der Waals surface area contributed by atoms with Gasteiger partial charge in [0.2, 0.25) is 5.95 Å². The van der Waals surface area contributed by atoms with E-state index in [9.17, 15) is 0 Å². The van der Waals surface area contributed by atoms with Crippen LogP contribution in [0, 0.1) is 0 Å². The molecule has 1 aliphatic rings. The van der Waals surface area contributed by atoms with E-state index >= 15 is 0 Å². The molecule has 5 aromatic rings. The van der Waals surface area contributed by atoms with Crippen LogP contribution in [-0.4, -0.2) is 55.9 Å². The highest BCUT2D eigenvalue weighted by Gasteiger charge is 2.21. The third kappa shape index (κ3) is 4.80. The molecule has 1 N–H and O–H groups in total. The standard InChI is InChI=1S/C27H27N7OS/c1-33-9-6-22(7-10-33)35-25-14-24-19(13-23(25)26-28-8-11-36-26)15-29-27(32-24)31-21-5-3-4-18(12-21)20-16-30-34(2)17-20/h3-5,8,11-17,22H,6-7,9-10H2,1-2H3,(H,29,31,32). The highest BCUT2D eigenvalue weighted by molar-refractivity contribution is 7.13. The van der Waals surface area contributed by atoms with E-state index in [4.69, 9.17) is 9.72 Å². The van der Waals surface area contributed by atoms with Crippen molar-refractivity contribution in [1.29, 1.82) is 0 Å². The summed E-state index contributed by atoms with van der Waals surface area (Å²) < 4.78 is 8.34. The topological polar surface area (TPSA) is 81.0 Å². The number of hydrogen-bond acceptors (Lipinski definition) is 8. The van der Waals surface area contributed by atoms with E-state index in [2.05, 4.69) is 50.5 Å². The van der Waals surface area contributed by atoms with Gasteiger partial charge in [-0.1, -0.05) is 12.1 Å². The van der Waals surface area contributed by atoms with Gasteiger partial charge in [0.05, 0.1) is 17.3 Å². The number of thiazole rings is 1. The summed E-state index contributed by atoms with van der Waals surface area (Å²) in [4.78, 5) is 16.3. The Balaban J connectivity index is 1.31. The van der Waals surface area contributed by atoms with Crippen molar-refractivity contribution in [2.24, 2.45) is 7.05 Å². The Morgan fingerprint density at radius 2 is 1.92 bits per heavy atom. The molecule has 0 spiro atoms. The molecular formula is C27H27N7OS. The molecule has 6 rings (SSSR count). The number of rotatable bonds is 6. The van der Waals surface area contributed by atoms with Crippen LogP contribution in [0.15, 0.2) is 66.6 Å². The number of fused-ring (bicyclic) bond motifs is 1. The Bertz CT molecular complexity index is 1490. The van der Waals surface area contributed by atoms with Gasteiger partial charge in [-0.05, 0) is 43.7 Å². The fourth-order valence-corrected chi connectivity index (χ4v) is 5.16. The van der Waals surface area contributed by atoms with Gasteiger partial charge in [-0.15, -0.1) is 11.3 Å². The number of likely N-dealkylation sites (tertiary alicyclic amines) is 1. The Hall–Kier alpha value is -3.82. The fraction of sp³-hybridized carbons (Fsp3) is 0.259. The molecule has 0 radical (unpaired) electrons.